The molecule has 2 atom stereocenters. The standard InChI is InChI=1S/C19H22N2O3.ClH/c22-15-12-17(21-13-15)19(23)20-10-11-24-18-9-5-4-8-16(18)14-6-2-1-3-7-14;/h1-9,15,17,21-22H,10-13H2,(H,20,23);1H. The van der Waals surface area contributed by atoms with Gasteiger partial charge in [0.1, 0.15) is 12.4 Å². The number of β-amino-alcohol motifs (C(OH)–C–C–N with tert-alkyl or cyclic N) is 1. The minimum atomic E-state index is -0.435. The third-order valence-electron chi connectivity index (χ3n) is 4.05. The van der Waals surface area contributed by atoms with E-state index in [9.17, 15) is 9.90 Å². The number of nitrogens with one attached hydrogen (secondary N) is 2. The first-order valence-electron chi connectivity index (χ1n) is 8.20. The van der Waals surface area contributed by atoms with Crippen LogP contribution in [0.2, 0.25) is 0 Å². The molecule has 1 aliphatic heterocycles. The van der Waals surface area contributed by atoms with Crippen LogP contribution in [0.1, 0.15) is 6.42 Å². The van der Waals surface area contributed by atoms with E-state index >= 15 is 0 Å². The molecule has 3 N–H and O–H groups in total. The second-order valence-electron chi connectivity index (χ2n) is 5.85. The summed E-state index contributed by atoms with van der Waals surface area (Å²) in [7, 11) is 0. The fourth-order valence-electron chi connectivity index (χ4n) is 2.82. The summed E-state index contributed by atoms with van der Waals surface area (Å²) in [6, 6.07) is 17.6. The number of benzene rings is 2. The van der Waals surface area contributed by atoms with Crippen LogP contribution in [-0.2, 0) is 4.79 Å². The van der Waals surface area contributed by atoms with Gasteiger partial charge in [0.25, 0.3) is 0 Å². The highest BCUT2D eigenvalue weighted by Crippen LogP contribution is 2.29. The van der Waals surface area contributed by atoms with Crippen LogP contribution in [-0.4, -0.2) is 42.9 Å². The molecule has 1 heterocycles. The molecular weight excluding hydrogens is 340 g/mol. The van der Waals surface area contributed by atoms with Crippen LogP contribution in [0.4, 0.5) is 0 Å². The lowest BCUT2D eigenvalue weighted by Gasteiger charge is -2.14. The van der Waals surface area contributed by atoms with E-state index in [4.69, 9.17) is 4.74 Å². The molecule has 6 heteroatoms. The van der Waals surface area contributed by atoms with Gasteiger partial charge in [-0.1, -0.05) is 48.5 Å². The summed E-state index contributed by atoms with van der Waals surface area (Å²) in [5, 5.41) is 15.3. The van der Waals surface area contributed by atoms with Crippen molar-refractivity contribution in [3.05, 3.63) is 54.6 Å². The molecule has 0 aliphatic carbocycles. The molecule has 1 fully saturated rings. The van der Waals surface area contributed by atoms with Crippen molar-refractivity contribution in [1.82, 2.24) is 10.6 Å². The van der Waals surface area contributed by atoms with Gasteiger partial charge >= 0.3 is 0 Å². The van der Waals surface area contributed by atoms with E-state index in [1.165, 1.54) is 0 Å². The number of halogens is 1. The van der Waals surface area contributed by atoms with Gasteiger partial charge in [0.05, 0.1) is 18.7 Å². The SMILES string of the molecule is Cl.O=C(NCCOc1ccccc1-c1ccccc1)C1CC(O)CN1. The summed E-state index contributed by atoms with van der Waals surface area (Å²) in [5.41, 5.74) is 2.13. The lowest BCUT2D eigenvalue weighted by Crippen LogP contribution is -2.41. The molecule has 134 valence electrons. The van der Waals surface area contributed by atoms with E-state index in [0.29, 0.717) is 26.1 Å². The van der Waals surface area contributed by atoms with Gasteiger partial charge < -0.3 is 20.5 Å². The van der Waals surface area contributed by atoms with E-state index in [0.717, 1.165) is 16.9 Å². The fraction of sp³-hybridized carbons (Fsp3) is 0.316. The third kappa shape index (κ3) is 5.19. The zero-order valence-electron chi connectivity index (χ0n) is 13.9. The number of aliphatic hydroxyl groups excluding tert-OH is 1. The van der Waals surface area contributed by atoms with Gasteiger partial charge in [0.2, 0.25) is 5.91 Å². The molecule has 5 nitrogen and oxygen atoms in total. The Balaban J connectivity index is 0.00000225. The highest BCUT2D eigenvalue weighted by Gasteiger charge is 2.27. The van der Waals surface area contributed by atoms with E-state index < -0.39 is 6.10 Å². The van der Waals surface area contributed by atoms with Crippen LogP contribution in [0.5, 0.6) is 5.75 Å². The summed E-state index contributed by atoms with van der Waals surface area (Å²) < 4.78 is 5.84. The van der Waals surface area contributed by atoms with Crippen LogP contribution < -0.4 is 15.4 Å². The van der Waals surface area contributed by atoms with Gasteiger partial charge in [-0.05, 0) is 18.1 Å². The van der Waals surface area contributed by atoms with E-state index in [-0.39, 0.29) is 24.4 Å². The molecule has 2 unspecified atom stereocenters. The zero-order chi connectivity index (χ0) is 16.8. The van der Waals surface area contributed by atoms with Crippen molar-refractivity contribution in [1.29, 1.82) is 0 Å². The third-order valence-corrected chi connectivity index (χ3v) is 4.05. The smallest absolute Gasteiger partial charge is 0.237 e. The number of carbonyl (C=O) groups excluding carboxylic acids is 1. The molecular formula is C19H23ClN2O3. The molecule has 0 aromatic heterocycles. The maximum absolute atomic E-state index is 12.0. The van der Waals surface area contributed by atoms with Gasteiger partial charge in [-0.25, -0.2) is 0 Å². The lowest BCUT2D eigenvalue weighted by molar-refractivity contribution is -0.123. The van der Waals surface area contributed by atoms with Gasteiger partial charge in [-0.2, -0.15) is 0 Å². The first-order chi connectivity index (χ1) is 11.7. The van der Waals surface area contributed by atoms with Crippen LogP contribution >= 0.6 is 12.4 Å². The van der Waals surface area contributed by atoms with Crippen LogP contribution in [0.15, 0.2) is 54.6 Å². The van der Waals surface area contributed by atoms with Crippen LogP contribution in [0.25, 0.3) is 11.1 Å². The second kappa shape index (κ2) is 9.42. The van der Waals surface area contributed by atoms with Gasteiger partial charge in [-0.15, -0.1) is 12.4 Å². The highest BCUT2D eigenvalue weighted by atomic mass is 35.5. The van der Waals surface area contributed by atoms with Crippen LogP contribution in [0, 0.1) is 0 Å². The Bertz CT molecular complexity index is 681. The van der Waals surface area contributed by atoms with Gasteiger partial charge in [0, 0.05) is 12.1 Å². The summed E-state index contributed by atoms with van der Waals surface area (Å²) in [6.45, 7) is 1.29. The normalized spacial score (nSPS) is 19.1. The van der Waals surface area contributed by atoms with Crippen molar-refractivity contribution in [2.75, 3.05) is 19.7 Å². The maximum atomic E-state index is 12.0. The molecule has 1 saturated heterocycles. The Hall–Kier alpha value is -2.08. The molecule has 25 heavy (non-hydrogen) atoms. The average molecular weight is 363 g/mol. The predicted molar refractivity (Wildman–Crippen MR) is 100 cm³/mol. The predicted octanol–water partition coefficient (Wildman–Crippen LogP) is 1.99. The van der Waals surface area contributed by atoms with Crippen LogP contribution in [0.3, 0.4) is 0 Å². The molecule has 0 bridgehead atoms. The number of carbonyl (C=O) groups is 1. The number of hydrogen-bond donors (Lipinski definition) is 3. The Labute approximate surface area is 153 Å². The van der Waals surface area contributed by atoms with Crippen molar-refractivity contribution in [3.63, 3.8) is 0 Å². The summed E-state index contributed by atoms with van der Waals surface area (Å²) in [4.78, 5) is 12.0. The van der Waals surface area contributed by atoms with Crippen molar-refractivity contribution in [2.24, 2.45) is 0 Å². The van der Waals surface area contributed by atoms with Crippen molar-refractivity contribution in [3.8, 4) is 16.9 Å². The van der Waals surface area contributed by atoms with E-state index in [2.05, 4.69) is 10.6 Å². The monoisotopic (exact) mass is 362 g/mol. The molecule has 0 spiro atoms. The largest absolute Gasteiger partial charge is 0.491 e. The minimum Gasteiger partial charge on any atom is -0.491 e. The number of ether oxygens (including phenoxy) is 1. The highest BCUT2D eigenvalue weighted by molar-refractivity contribution is 5.85. The molecule has 2 aromatic carbocycles. The van der Waals surface area contributed by atoms with E-state index in [1.54, 1.807) is 0 Å². The van der Waals surface area contributed by atoms with E-state index in [1.807, 2.05) is 54.6 Å². The zero-order valence-corrected chi connectivity index (χ0v) is 14.7. The Morgan fingerprint density at radius 3 is 2.60 bits per heavy atom. The Morgan fingerprint density at radius 1 is 1.16 bits per heavy atom. The van der Waals surface area contributed by atoms with Crippen molar-refractivity contribution in [2.45, 2.75) is 18.6 Å². The quantitative estimate of drug-likeness (QED) is 0.687. The number of para-hydroxylation sites is 1. The van der Waals surface area contributed by atoms with Gasteiger partial charge in [0.15, 0.2) is 0 Å². The average Bonchev–Trinajstić information content (AvgIpc) is 3.06. The lowest BCUT2D eigenvalue weighted by atomic mass is 10.1. The molecule has 1 aliphatic rings. The van der Waals surface area contributed by atoms with Gasteiger partial charge in [-0.3, -0.25) is 4.79 Å². The Morgan fingerprint density at radius 2 is 1.88 bits per heavy atom. The second-order valence-corrected chi connectivity index (χ2v) is 5.85. The van der Waals surface area contributed by atoms with Crippen molar-refractivity contribution >= 4 is 18.3 Å². The van der Waals surface area contributed by atoms with Crippen molar-refractivity contribution < 1.29 is 14.6 Å². The molecule has 1 amide bonds. The minimum absolute atomic E-state index is 0. The molecule has 0 radical (unpaired) electrons. The summed E-state index contributed by atoms with van der Waals surface area (Å²) in [6.07, 6.45) is 0.0264. The number of amides is 1. The number of aliphatic hydroxyl groups is 1. The number of rotatable bonds is 6. The number of hydrogen-bond acceptors (Lipinski definition) is 4. The summed E-state index contributed by atoms with van der Waals surface area (Å²) in [5.74, 6) is 0.707. The first-order valence-corrected chi connectivity index (χ1v) is 8.20. The fourth-order valence-corrected chi connectivity index (χ4v) is 2.82. The first kappa shape index (κ1) is 19.2. The topological polar surface area (TPSA) is 70.6 Å². The molecule has 0 saturated carbocycles. The molecule has 3 rings (SSSR count). The Kier molecular flexibility index (Phi) is 7.25. The maximum Gasteiger partial charge on any atom is 0.237 e. The summed E-state index contributed by atoms with van der Waals surface area (Å²) >= 11 is 0. The molecule has 2 aromatic rings.